The summed E-state index contributed by atoms with van der Waals surface area (Å²) in [5, 5.41) is 24.9. The van der Waals surface area contributed by atoms with E-state index in [9.17, 15) is 19.8 Å². The Balaban J connectivity index is 2.70. The lowest BCUT2D eigenvalue weighted by Gasteiger charge is -2.32. The molecule has 1 aliphatic carbocycles. The fourth-order valence-electron chi connectivity index (χ4n) is 3.25. The van der Waals surface area contributed by atoms with Crippen LogP contribution < -0.4 is 10.6 Å². The van der Waals surface area contributed by atoms with Gasteiger partial charge in [0.2, 0.25) is 11.8 Å². The molecule has 0 bridgehead atoms. The van der Waals surface area contributed by atoms with Crippen molar-refractivity contribution in [2.75, 3.05) is 13.2 Å². The Hall–Kier alpha value is -1.40. The molecule has 6 heteroatoms. The van der Waals surface area contributed by atoms with E-state index in [2.05, 4.69) is 17.2 Å². The molecule has 0 aromatic heterocycles. The first-order valence-electron chi connectivity index (χ1n) is 9.11. The number of nitrogens with one attached hydrogen (secondary N) is 2. The summed E-state index contributed by atoms with van der Waals surface area (Å²) in [6.45, 7) is 9.25. The van der Waals surface area contributed by atoms with Crippen LogP contribution in [0.5, 0.6) is 0 Å². The van der Waals surface area contributed by atoms with Crippen molar-refractivity contribution in [1.82, 2.24) is 10.6 Å². The Morgan fingerprint density at radius 3 is 2.28 bits per heavy atom. The van der Waals surface area contributed by atoms with Gasteiger partial charge in [0.25, 0.3) is 0 Å². The minimum atomic E-state index is -0.536. The molecule has 4 N–H and O–H groups in total. The van der Waals surface area contributed by atoms with Crippen LogP contribution >= 0.6 is 0 Å². The van der Waals surface area contributed by atoms with Gasteiger partial charge in [-0.15, -0.1) is 6.58 Å². The fraction of sp³-hybridized carbons (Fsp3) is 0.789. The van der Waals surface area contributed by atoms with Gasteiger partial charge in [-0.05, 0) is 24.7 Å². The van der Waals surface area contributed by atoms with Crippen molar-refractivity contribution in [2.45, 2.75) is 70.9 Å². The molecule has 1 aliphatic rings. The Kier molecular flexibility index (Phi) is 8.09. The number of aliphatic hydroxyl groups excluding tert-OH is 2. The third-order valence-corrected chi connectivity index (χ3v) is 5.07. The van der Waals surface area contributed by atoms with Crippen molar-refractivity contribution in [3.05, 3.63) is 12.7 Å². The molecule has 0 heterocycles. The van der Waals surface area contributed by atoms with Crippen LogP contribution in [-0.2, 0) is 9.59 Å². The van der Waals surface area contributed by atoms with Crippen molar-refractivity contribution in [3.8, 4) is 0 Å². The lowest BCUT2D eigenvalue weighted by molar-refractivity contribution is -0.132. The van der Waals surface area contributed by atoms with Crippen LogP contribution in [0.2, 0.25) is 0 Å². The molecule has 144 valence electrons. The lowest BCUT2D eigenvalue weighted by Crippen LogP contribution is -2.51. The summed E-state index contributed by atoms with van der Waals surface area (Å²) in [4.78, 5) is 25.0. The van der Waals surface area contributed by atoms with Crippen LogP contribution in [0, 0.1) is 11.3 Å². The first-order chi connectivity index (χ1) is 11.7. The summed E-state index contributed by atoms with van der Waals surface area (Å²) in [5.74, 6) is -1.02. The molecule has 1 rings (SSSR count). The van der Waals surface area contributed by atoms with Gasteiger partial charge in [0, 0.05) is 6.42 Å². The summed E-state index contributed by atoms with van der Waals surface area (Å²) in [7, 11) is 0. The van der Waals surface area contributed by atoms with Crippen LogP contribution in [0.25, 0.3) is 0 Å². The number of carbonyl (C=O) groups is 2. The van der Waals surface area contributed by atoms with Crippen molar-refractivity contribution in [3.63, 3.8) is 0 Å². The van der Waals surface area contributed by atoms with Gasteiger partial charge in [-0.1, -0.05) is 39.7 Å². The smallest absolute Gasteiger partial charge is 0.224 e. The maximum atomic E-state index is 12.6. The van der Waals surface area contributed by atoms with E-state index in [1.165, 1.54) is 0 Å². The van der Waals surface area contributed by atoms with Gasteiger partial charge in [0.15, 0.2) is 0 Å². The molecule has 0 saturated heterocycles. The van der Waals surface area contributed by atoms with Crippen LogP contribution in [0.1, 0.15) is 59.3 Å². The van der Waals surface area contributed by atoms with Gasteiger partial charge in [0.1, 0.15) is 0 Å². The molecular weight excluding hydrogens is 320 g/mol. The van der Waals surface area contributed by atoms with E-state index >= 15 is 0 Å². The summed E-state index contributed by atoms with van der Waals surface area (Å²) < 4.78 is 0. The molecule has 0 aliphatic heterocycles. The molecule has 2 unspecified atom stereocenters. The normalized spacial score (nSPS) is 19.1. The standard InChI is InChI=1S/C19H34N2O4/c1-5-8-14(17(25)20-15(12-22)18(2,3)4)11-16(24)21-19(13-23)9-6-7-10-19/h5,14-15,22-23H,1,6-13H2,2-4H3,(H,20,25)(H,21,24). The zero-order valence-corrected chi connectivity index (χ0v) is 15.8. The molecule has 25 heavy (non-hydrogen) atoms. The van der Waals surface area contributed by atoms with E-state index in [-0.39, 0.29) is 42.9 Å². The molecule has 0 aromatic carbocycles. The van der Waals surface area contributed by atoms with Crippen molar-refractivity contribution in [1.29, 1.82) is 0 Å². The number of allylic oxidation sites excluding steroid dienone is 1. The Morgan fingerprint density at radius 2 is 1.84 bits per heavy atom. The number of hydrogen-bond acceptors (Lipinski definition) is 4. The number of rotatable bonds is 9. The summed E-state index contributed by atoms with van der Waals surface area (Å²) in [5.41, 5.74) is -0.818. The van der Waals surface area contributed by atoms with Crippen molar-refractivity contribution in [2.24, 2.45) is 11.3 Å². The first kappa shape index (κ1) is 21.6. The molecule has 0 radical (unpaired) electrons. The quantitative estimate of drug-likeness (QED) is 0.472. The average Bonchev–Trinajstić information content (AvgIpc) is 2.99. The minimum Gasteiger partial charge on any atom is -0.394 e. The van der Waals surface area contributed by atoms with Gasteiger partial charge in [-0.2, -0.15) is 0 Å². The lowest BCUT2D eigenvalue weighted by atomic mass is 9.86. The van der Waals surface area contributed by atoms with E-state index in [4.69, 9.17) is 0 Å². The first-order valence-corrected chi connectivity index (χ1v) is 9.11. The Morgan fingerprint density at radius 1 is 1.24 bits per heavy atom. The molecule has 2 amide bonds. The highest BCUT2D eigenvalue weighted by molar-refractivity contribution is 5.86. The zero-order valence-electron chi connectivity index (χ0n) is 15.8. The van der Waals surface area contributed by atoms with Gasteiger partial charge in [-0.3, -0.25) is 9.59 Å². The third-order valence-electron chi connectivity index (χ3n) is 5.07. The third kappa shape index (κ3) is 6.44. The molecule has 2 atom stereocenters. The van der Waals surface area contributed by atoms with E-state index in [0.29, 0.717) is 6.42 Å². The highest BCUT2D eigenvalue weighted by atomic mass is 16.3. The number of hydrogen-bond donors (Lipinski definition) is 4. The second-order valence-electron chi connectivity index (χ2n) is 8.23. The monoisotopic (exact) mass is 354 g/mol. The molecule has 0 spiro atoms. The SMILES string of the molecule is C=CCC(CC(=O)NC1(CO)CCCC1)C(=O)NC(CO)C(C)(C)C. The fourth-order valence-corrected chi connectivity index (χ4v) is 3.25. The van der Waals surface area contributed by atoms with E-state index < -0.39 is 11.5 Å². The molecule has 1 fully saturated rings. The van der Waals surface area contributed by atoms with Crippen LogP contribution in [0.3, 0.4) is 0 Å². The molecule has 1 saturated carbocycles. The van der Waals surface area contributed by atoms with Gasteiger partial charge < -0.3 is 20.8 Å². The van der Waals surface area contributed by atoms with Crippen LogP contribution in [0.15, 0.2) is 12.7 Å². The summed E-state index contributed by atoms with van der Waals surface area (Å²) in [6.07, 6.45) is 5.56. The average molecular weight is 354 g/mol. The zero-order chi connectivity index (χ0) is 19.1. The van der Waals surface area contributed by atoms with Gasteiger partial charge >= 0.3 is 0 Å². The van der Waals surface area contributed by atoms with Gasteiger partial charge in [-0.25, -0.2) is 0 Å². The van der Waals surface area contributed by atoms with Crippen molar-refractivity contribution >= 4 is 11.8 Å². The van der Waals surface area contributed by atoms with E-state index in [0.717, 1.165) is 25.7 Å². The highest BCUT2D eigenvalue weighted by Gasteiger charge is 2.36. The Labute approximate surface area is 151 Å². The molecule has 0 aromatic rings. The second kappa shape index (κ2) is 9.34. The van der Waals surface area contributed by atoms with E-state index in [1.807, 2.05) is 20.8 Å². The predicted octanol–water partition coefficient (Wildman–Crippen LogP) is 1.51. The Bertz CT molecular complexity index is 465. The van der Waals surface area contributed by atoms with Crippen LogP contribution in [-0.4, -0.2) is 46.8 Å². The largest absolute Gasteiger partial charge is 0.394 e. The summed E-state index contributed by atoms with van der Waals surface area (Å²) >= 11 is 0. The van der Waals surface area contributed by atoms with E-state index in [1.54, 1.807) is 6.08 Å². The van der Waals surface area contributed by atoms with Crippen molar-refractivity contribution < 1.29 is 19.8 Å². The second-order valence-corrected chi connectivity index (χ2v) is 8.23. The number of amides is 2. The summed E-state index contributed by atoms with van der Waals surface area (Å²) in [6, 6.07) is -0.381. The van der Waals surface area contributed by atoms with Gasteiger partial charge in [0.05, 0.1) is 30.7 Å². The molecular formula is C19H34N2O4. The maximum Gasteiger partial charge on any atom is 0.224 e. The predicted molar refractivity (Wildman–Crippen MR) is 97.8 cm³/mol. The topological polar surface area (TPSA) is 98.7 Å². The minimum absolute atomic E-state index is 0.0435. The highest BCUT2D eigenvalue weighted by Crippen LogP contribution is 2.29. The van der Waals surface area contributed by atoms with Crippen LogP contribution in [0.4, 0.5) is 0 Å². The number of aliphatic hydroxyl groups is 2. The maximum absolute atomic E-state index is 12.6. The molecule has 6 nitrogen and oxygen atoms in total. The number of carbonyl (C=O) groups excluding carboxylic acids is 2.